The Bertz CT molecular complexity index is 957. The Balaban J connectivity index is 1.72. The zero-order chi connectivity index (χ0) is 15.8. The summed E-state index contributed by atoms with van der Waals surface area (Å²) >= 11 is 0. The number of carbonyl (C=O) groups is 1. The van der Waals surface area contributed by atoms with Crippen LogP contribution in [0.2, 0.25) is 0 Å². The average molecular weight is 299 g/mol. The minimum absolute atomic E-state index is 0.0372. The summed E-state index contributed by atoms with van der Waals surface area (Å²) in [6.07, 6.45) is 1.60. The van der Waals surface area contributed by atoms with Gasteiger partial charge in [-0.05, 0) is 35.4 Å². The lowest BCUT2D eigenvalue weighted by Gasteiger charge is -2.01. The smallest absolute Gasteiger partial charge is 0.194 e. The minimum Gasteiger partial charge on any atom is -0.507 e. The molecule has 0 aromatic heterocycles. The highest BCUT2D eigenvalue weighted by molar-refractivity contribution is 6.22. The van der Waals surface area contributed by atoms with Gasteiger partial charge in [-0.15, -0.1) is 0 Å². The van der Waals surface area contributed by atoms with Crippen molar-refractivity contribution in [3.8, 4) is 16.9 Å². The van der Waals surface area contributed by atoms with Crippen LogP contribution in [0.1, 0.15) is 21.5 Å². The normalized spacial score (nSPS) is 12.4. The van der Waals surface area contributed by atoms with Gasteiger partial charge in [0.25, 0.3) is 0 Å². The standard InChI is InChI=1S/C20H13NO2/c22-19-8-4-1-5-13(19)12-21-14-9-10-16-15-6-2-3-7-17(15)20(23)18(16)11-14/h1-12,22H. The van der Waals surface area contributed by atoms with E-state index in [4.69, 9.17) is 0 Å². The van der Waals surface area contributed by atoms with Gasteiger partial charge in [0.1, 0.15) is 5.75 Å². The van der Waals surface area contributed by atoms with Crippen LogP contribution in [-0.4, -0.2) is 17.1 Å². The maximum Gasteiger partial charge on any atom is 0.194 e. The maximum absolute atomic E-state index is 12.5. The van der Waals surface area contributed by atoms with Crippen molar-refractivity contribution in [2.24, 2.45) is 4.99 Å². The highest BCUT2D eigenvalue weighted by Gasteiger charge is 2.26. The molecule has 3 aromatic carbocycles. The number of fused-ring (bicyclic) bond motifs is 3. The molecule has 0 radical (unpaired) electrons. The molecule has 0 bridgehead atoms. The summed E-state index contributed by atoms with van der Waals surface area (Å²) in [6.45, 7) is 0. The van der Waals surface area contributed by atoms with Crippen LogP contribution >= 0.6 is 0 Å². The van der Waals surface area contributed by atoms with Crippen LogP contribution in [0, 0.1) is 0 Å². The molecule has 3 nitrogen and oxygen atoms in total. The number of phenols is 1. The van der Waals surface area contributed by atoms with Crippen molar-refractivity contribution in [1.82, 2.24) is 0 Å². The number of ketones is 1. The lowest BCUT2D eigenvalue weighted by molar-refractivity contribution is 0.104. The largest absolute Gasteiger partial charge is 0.507 e. The summed E-state index contributed by atoms with van der Waals surface area (Å²) in [6, 6.07) is 20.2. The average Bonchev–Trinajstić information content (AvgIpc) is 2.87. The third-order valence-corrected chi connectivity index (χ3v) is 4.00. The van der Waals surface area contributed by atoms with Gasteiger partial charge in [-0.2, -0.15) is 0 Å². The van der Waals surface area contributed by atoms with Gasteiger partial charge in [0.15, 0.2) is 5.78 Å². The molecule has 110 valence electrons. The molecule has 0 heterocycles. The van der Waals surface area contributed by atoms with Crippen molar-refractivity contribution in [3.63, 3.8) is 0 Å². The maximum atomic E-state index is 12.5. The van der Waals surface area contributed by atoms with Crippen LogP contribution in [0.4, 0.5) is 5.69 Å². The predicted octanol–water partition coefficient (Wildman–Crippen LogP) is 4.35. The Morgan fingerprint density at radius 2 is 1.48 bits per heavy atom. The second-order valence-corrected chi connectivity index (χ2v) is 5.42. The Kier molecular flexibility index (Phi) is 3.05. The molecule has 3 heteroatoms. The molecule has 1 aliphatic rings. The summed E-state index contributed by atoms with van der Waals surface area (Å²) < 4.78 is 0. The molecule has 0 fully saturated rings. The van der Waals surface area contributed by atoms with Crippen molar-refractivity contribution >= 4 is 17.7 Å². The van der Waals surface area contributed by atoms with Crippen LogP contribution in [0.15, 0.2) is 71.7 Å². The zero-order valence-corrected chi connectivity index (χ0v) is 12.2. The fourth-order valence-electron chi connectivity index (χ4n) is 2.84. The molecule has 0 spiro atoms. The zero-order valence-electron chi connectivity index (χ0n) is 12.2. The SMILES string of the molecule is O=C1c2ccccc2-c2ccc(N=Cc3ccccc3O)cc21. The van der Waals surface area contributed by atoms with E-state index in [1.54, 1.807) is 30.5 Å². The molecule has 1 N–H and O–H groups in total. The number of aromatic hydroxyl groups is 1. The Morgan fingerprint density at radius 3 is 2.30 bits per heavy atom. The third-order valence-electron chi connectivity index (χ3n) is 4.00. The van der Waals surface area contributed by atoms with Crippen molar-refractivity contribution in [2.75, 3.05) is 0 Å². The Labute approximate surface area is 133 Å². The van der Waals surface area contributed by atoms with Crippen LogP contribution in [0.3, 0.4) is 0 Å². The number of rotatable bonds is 2. The lowest BCUT2D eigenvalue weighted by atomic mass is 10.1. The lowest BCUT2D eigenvalue weighted by Crippen LogP contribution is -1.94. The number of nitrogens with zero attached hydrogens (tertiary/aromatic N) is 1. The summed E-state index contributed by atoms with van der Waals surface area (Å²) in [4.78, 5) is 16.9. The fourth-order valence-corrected chi connectivity index (χ4v) is 2.84. The molecule has 0 saturated carbocycles. The summed E-state index contributed by atoms with van der Waals surface area (Å²) in [5, 5.41) is 9.76. The minimum atomic E-state index is 0.0372. The highest BCUT2D eigenvalue weighted by atomic mass is 16.3. The molecular formula is C20H13NO2. The predicted molar refractivity (Wildman–Crippen MR) is 90.7 cm³/mol. The van der Waals surface area contributed by atoms with Gasteiger partial charge in [-0.25, -0.2) is 0 Å². The number of phenolic OH excluding ortho intramolecular Hbond substituents is 1. The van der Waals surface area contributed by atoms with Crippen LogP contribution < -0.4 is 0 Å². The summed E-state index contributed by atoms with van der Waals surface area (Å²) in [7, 11) is 0. The summed E-state index contributed by atoms with van der Waals surface area (Å²) in [5.41, 5.74) is 4.68. The Morgan fingerprint density at radius 1 is 0.783 bits per heavy atom. The fraction of sp³-hybridized carbons (Fsp3) is 0. The second kappa shape index (κ2) is 5.21. The van der Waals surface area contributed by atoms with Crippen molar-refractivity contribution in [2.45, 2.75) is 0 Å². The molecule has 0 aliphatic heterocycles. The van der Waals surface area contributed by atoms with E-state index in [-0.39, 0.29) is 11.5 Å². The van der Waals surface area contributed by atoms with Crippen LogP contribution in [0.5, 0.6) is 5.75 Å². The third kappa shape index (κ3) is 2.23. The van der Waals surface area contributed by atoms with Gasteiger partial charge in [-0.3, -0.25) is 9.79 Å². The van der Waals surface area contributed by atoms with Gasteiger partial charge in [0.2, 0.25) is 0 Å². The van der Waals surface area contributed by atoms with Gasteiger partial charge in [0.05, 0.1) is 5.69 Å². The number of para-hydroxylation sites is 1. The number of benzene rings is 3. The van der Waals surface area contributed by atoms with E-state index in [1.807, 2.05) is 42.5 Å². The molecule has 0 amide bonds. The molecule has 0 unspecified atom stereocenters. The van der Waals surface area contributed by atoms with E-state index in [2.05, 4.69) is 4.99 Å². The number of aliphatic imine (C=N–C) groups is 1. The monoisotopic (exact) mass is 299 g/mol. The molecule has 3 aromatic rings. The van der Waals surface area contributed by atoms with Crippen LogP contribution in [-0.2, 0) is 0 Å². The highest BCUT2D eigenvalue weighted by Crippen LogP contribution is 2.38. The molecule has 0 atom stereocenters. The molecule has 0 saturated heterocycles. The first-order valence-electron chi connectivity index (χ1n) is 7.34. The number of hydrogen-bond donors (Lipinski definition) is 1. The van der Waals surface area contributed by atoms with Crippen molar-refractivity contribution in [3.05, 3.63) is 83.4 Å². The van der Waals surface area contributed by atoms with E-state index in [9.17, 15) is 9.90 Å². The first-order valence-corrected chi connectivity index (χ1v) is 7.34. The van der Waals surface area contributed by atoms with E-state index >= 15 is 0 Å². The van der Waals surface area contributed by atoms with E-state index in [0.717, 1.165) is 16.7 Å². The summed E-state index contributed by atoms with van der Waals surface area (Å²) in [5.74, 6) is 0.219. The van der Waals surface area contributed by atoms with Crippen LogP contribution in [0.25, 0.3) is 11.1 Å². The van der Waals surface area contributed by atoms with E-state index in [1.165, 1.54) is 0 Å². The number of hydrogen-bond acceptors (Lipinski definition) is 3. The first-order chi connectivity index (χ1) is 11.2. The van der Waals surface area contributed by atoms with Crippen molar-refractivity contribution < 1.29 is 9.90 Å². The van der Waals surface area contributed by atoms with Gasteiger partial charge < -0.3 is 5.11 Å². The van der Waals surface area contributed by atoms with Gasteiger partial charge >= 0.3 is 0 Å². The quantitative estimate of drug-likeness (QED) is 0.559. The molecular weight excluding hydrogens is 286 g/mol. The van der Waals surface area contributed by atoms with Crippen molar-refractivity contribution in [1.29, 1.82) is 0 Å². The van der Waals surface area contributed by atoms with E-state index in [0.29, 0.717) is 16.8 Å². The molecule has 1 aliphatic carbocycles. The second-order valence-electron chi connectivity index (χ2n) is 5.42. The topological polar surface area (TPSA) is 49.7 Å². The van der Waals surface area contributed by atoms with Gasteiger partial charge in [0, 0.05) is 22.9 Å². The molecule has 23 heavy (non-hydrogen) atoms. The Hall–Kier alpha value is -3.20. The molecule has 4 rings (SSSR count). The number of carbonyl (C=O) groups excluding carboxylic acids is 1. The van der Waals surface area contributed by atoms with E-state index < -0.39 is 0 Å². The van der Waals surface area contributed by atoms with Gasteiger partial charge in [-0.1, -0.05) is 42.5 Å². The first kappa shape index (κ1) is 13.5.